The van der Waals surface area contributed by atoms with Crippen LogP contribution in [0.5, 0.6) is 0 Å². The fourth-order valence-electron chi connectivity index (χ4n) is 1.99. The summed E-state index contributed by atoms with van der Waals surface area (Å²) >= 11 is 0. The van der Waals surface area contributed by atoms with Crippen LogP contribution in [0.3, 0.4) is 0 Å². The number of carbonyl (C=O) groups is 1. The summed E-state index contributed by atoms with van der Waals surface area (Å²) in [6.07, 6.45) is 2.28. The Morgan fingerprint density at radius 1 is 1.55 bits per heavy atom. The molecule has 0 aliphatic heterocycles. The Kier molecular flexibility index (Phi) is 4.19. The van der Waals surface area contributed by atoms with E-state index in [1.807, 2.05) is 6.92 Å². The second-order valence-corrected chi connectivity index (χ2v) is 4.46. The zero-order valence-electron chi connectivity index (χ0n) is 11.5. The van der Waals surface area contributed by atoms with Crippen LogP contribution in [0, 0.1) is 6.92 Å². The molecule has 0 aliphatic rings. The van der Waals surface area contributed by atoms with Crippen molar-refractivity contribution >= 4 is 11.6 Å². The number of nitrogens with one attached hydrogen (secondary N) is 1. The van der Waals surface area contributed by atoms with Crippen molar-refractivity contribution in [1.29, 1.82) is 0 Å². The number of fused-ring (bicyclic) bond motifs is 1. The Morgan fingerprint density at radius 2 is 2.30 bits per heavy atom. The number of aliphatic hydroxyl groups excluding tert-OH is 1. The van der Waals surface area contributed by atoms with Gasteiger partial charge < -0.3 is 14.8 Å². The van der Waals surface area contributed by atoms with Gasteiger partial charge in [-0.05, 0) is 13.3 Å². The Bertz CT molecular complexity index is 687. The van der Waals surface area contributed by atoms with Gasteiger partial charge in [0.05, 0.1) is 12.8 Å². The van der Waals surface area contributed by atoms with Crippen molar-refractivity contribution < 1.29 is 14.6 Å². The second-order valence-electron chi connectivity index (χ2n) is 4.46. The third kappa shape index (κ3) is 2.44. The van der Waals surface area contributed by atoms with Crippen molar-refractivity contribution in [2.24, 2.45) is 0 Å². The summed E-state index contributed by atoms with van der Waals surface area (Å²) in [6, 6.07) is 0. The van der Waals surface area contributed by atoms with Crippen LogP contribution >= 0.6 is 0 Å². The van der Waals surface area contributed by atoms with Gasteiger partial charge >= 0.3 is 5.97 Å². The van der Waals surface area contributed by atoms with Gasteiger partial charge in [-0.25, -0.2) is 4.79 Å². The zero-order chi connectivity index (χ0) is 14.7. The molecule has 0 aromatic carbocycles. The number of ether oxygens (including phenoxy) is 1. The van der Waals surface area contributed by atoms with Gasteiger partial charge in [0, 0.05) is 24.3 Å². The fraction of sp³-hybridized carbons (Fsp3) is 0.462. The van der Waals surface area contributed by atoms with E-state index in [-0.39, 0.29) is 24.2 Å². The maximum atomic E-state index is 12.2. The molecular formula is C13H17N3O4. The largest absolute Gasteiger partial charge is 0.462 e. The van der Waals surface area contributed by atoms with Crippen molar-refractivity contribution in [2.75, 3.05) is 13.2 Å². The highest BCUT2D eigenvalue weighted by Gasteiger charge is 2.18. The Balaban J connectivity index is 2.52. The molecule has 0 saturated heterocycles. The van der Waals surface area contributed by atoms with Gasteiger partial charge in [0.15, 0.2) is 5.65 Å². The molecule has 0 radical (unpaired) electrons. The first-order chi connectivity index (χ1) is 9.60. The normalized spacial score (nSPS) is 10.9. The number of aromatic nitrogens is 3. The third-order valence-electron chi connectivity index (χ3n) is 3.00. The quantitative estimate of drug-likeness (QED) is 0.774. The van der Waals surface area contributed by atoms with Crippen molar-refractivity contribution in [2.45, 2.75) is 26.7 Å². The maximum Gasteiger partial charge on any atom is 0.343 e. The molecule has 0 saturated carbocycles. The van der Waals surface area contributed by atoms with Crippen LogP contribution in [0.25, 0.3) is 5.65 Å². The number of hydrogen-bond acceptors (Lipinski definition) is 5. The summed E-state index contributed by atoms with van der Waals surface area (Å²) in [5.41, 5.74) is 1.28. The van der Waals surface area contributed by atoms with E-state index in [0.717, 1.165) is 10.9 Å². The highest BCUT2D eigenvalue weighted by Crippen LogP contribution is 2.11. The van der Waals surface area contributed by atoms with Crippen LogP contribution in [0.1, 0.15) is 35.0 Å². The summed E-state index contributed by atoms with van der Waals surface area (Å²) < 4.78 is 6.17. The molecule has 0 spiro atoms. The van der Waals surface area contributed by atoms with Gasteiger partial charge in [-0.1, -0.05) is 6.92 Å². The molecule has 7 heteroatoms. The zero-order valence-corrected chi connectivity index (χ0v) is 11.5. The molecule has 0 unspecified atom stereocenters. The van der Waals surface area contributed by atoms with E-state index in [4.69, 9.17) is 9.84 Å². The summed E-state index contributed by atoms with van der Waals surface area (Å²) in [5, 5.41) is 12.9. The number of aliphatic hydroxyl groups is 1. The minimum atomic E-state index is -0.508. The average molecular weight is 279 g/mol. The minimum absolute atomic E-state index is 0.123. The number of carbonyl (C=O) groups excluding carboxylic acids is 1. The Morgan fingerprint density at radius 3 is 2.95 bits per heavy atom. The first-order valence-electron chi connectivity index (χ1n) is 6.47. The summed E-state index contributed by atoms with van der Waals surface area (Å²) in [5.74, 6) is -0.508. The predicted octanol–water partition coefficient (Wildman–Crippen LogP) is 0.433. The molecule has 0 bridgehead atoms. The smallest absolute Gasteiger partial charge is 0.343 e. The van der Waals surface area contributed by atoms with E-state index >= 15 is 0 Å². The molecule has 2 rings (SSSR count). The lowest BCUT2D eigenvalue weighted by Gasteiger charge is -2.06. The van der Waals surface area contributed by atoms with E-state index in [2.05, 4.69) is 10.1 Å². The molecule has 0 atom stereocenters. The van der Waals surface area contributed by atoms with Gasteiger partial charge in [0.1, 0.15) is 5.56 Å². The average Bonchev–Trinajstić information content (AvgIpc) is 2.84. The van der Waals surface area contributed by atoms with Crippen molar-refractivity contribution in [1.82, 2.24) is 14.6 Å². The first kappa shape index (κ1) is 14.3. The molecule has 2 aromatic heterocycles. The summed E-state index contributed by atoms with van der Waals surface area (Å²) in [4.78, 5) is 27.1. The molecule has 0 amide bonds. The van der Waals surface area contributed by atoms with Crippen molar-refractivity contribution in [3.05, 3.63) is 33.4 Å². The van der Waals surface area contributed by atoms with E-state index in [0.29, 0.717) is 23.5 Å². The Hall–Kier alpha value is -2.15. The molecular weight excluding hydrogens is 262 g/mol. The summed E-state index contributed by atoms with van der Waals surface area (Å²) in [6.45, 7) is 3.82. The van der Waals surface area contributed by atoms with Gasteiger partial charge in [-0.3, -0.25) is 4.79 Å². The fourth-order valence-corrected chi connectivity index (χ4v) is 1.99. The standard InChI is InChI=1S/C13H17N3O4/c1-3-6-20-13(19)10-7-14-16-11(10)15-8(2)9(4-5-17)12(16)18/h7,15,17H,3-6H2,1-2H3. The van der Waals surface area contributed by atoms with Crippen LogP contribution in [0.2, 0.25) is 0 Å². The highest BCUT2D eigenvalue weighted by atomic mass is 16.5. The number of hydrogen-bond donors (Lipinski definition) is 2. The molecule has 2 N–H and O–H groups in total. The molecule has 108 valence electrons. The second kappa shape index (κ2) is 5.87. The predicted molar refractivity (Wildman–Crippen MR) is 71.9 cm³/mol. The monoisotopic (exact) mass is 279 g/mol. The SMILES string of the molecule is CCCOC(=O)c1cnn2c(=O)c(CCO)c(C)[nH]c12. The molecule has 0 aliphatic carbocycles. The summed E-state index contributed by atoms with van der Waals surface area (Å²) in [7, 11) is 0. The van der Waals surface area contributed by atoms with E-state index < -0.39 is 5.97 Å². The van der Waals surface area contributed by atoms with Crippen LogP contribution in [0.15, 0.2) is 11.0 Å². The van der Waals surface area contributed by atoms with Crippen LogP contribution in [-0.4, -0.2) is 38.9 Å². The minimum Gasteiger partial charge on any atom is -0.462 e. The first-order valence-corrected chi connectivity index (χ1v) is 6.47. The van der Waals surface area contributed by atoms with Gasteiger partial charge in [-0.15, -0.1) is 0 Å². The maximum absolute atomic E-state index is 12.2. The van der Waals surface area contributed by atoms with Crippen molar-refractivity contribution in [3.63, 3.8) is 0 Å². The highest BCUT2D eigenvalue weighted by molar-refractivity contribution is 5.95. The topological polar surface area (TPSA) is 96.7 Å². The molecule has 2 heterocycles. The molecule has 7 nitrogen and oxygen atoms in total. The lowest BCUT2D eigenvalue weighted by molar-refractivity contribution is 0.0507. The number of aryl methyl sites for hydroxylation is 1. The number of nitrogens with zero attached hydrogens (tertiary/aromatic N) is 2. The van der Waals surface area contributed by atoms with E-state index in [1.165, 1.54) is 6.20 Å². The number of H-pyrrole nitrogens is 1. The lowest BCUT2D eigenvalue weighted by Crippen LogP contribution is -2.23. The number of esters is 1. The third-order valence-corrected chi connectivity index (χ3v) is 3.00. The van der Waals surface area contributed by atoms with Crippen molar-refractivity contribution in [3.8, 4) is 0 Å². The van der Waals surface area contributed by atoms with Crippen LogP contribution in [0.4, 0.5) is 0 Å². The van der Waals surface area contributed by atoms with Gasteiger partial charge in [-0.2, -0.15) is 9.61 Å². The molecule has 2 aromatic rings. The van der Waals surface area contributed by atoms with Crippen LogP contribution < -0.4 is 5.56 Å². The van der Waals surface area contributed by atoms with E-state index in [9.17, 15) is 9.59 Å². The lowest BCUT2D eigenvalue weighted by atomic mass is 10.2. The van der Waals surface area contributed by atoms with E-state index in [1.54, 1.807) is 6.92 Å². The molecule has 20 heavy (non-hydrogen) atoms. The van der Waals surface area contributed by atoms with Gasteiger partial charge in [0.2, 0.25) is 0 Å². The number of aromatic amines is 1. The molecule has 0 fully saturated rings. The Labute approximate surface area is 115 Å². The van der Waals surface area contributed by atoms with Crippen LogP contribution in [-0.2, 0) is 11.2 Å². The van der Waals surface area contributed by atoms with Gasteiger partial charge in [0.25, 0.3) is 5.56 Å². The number of rotatable bonds is 5.